The molecule has 0 unspecified atom stereocenters. The molecule has 1 aromatic rings. The molecule has 2 atom stereocenters. The highest BCUT2D eigenvalue weighted by atomic mass is 32.2. The number of sulfone groups is 1. The Bertz CT molecular complexity index is 702. The molecule has 1 saturated carbocycles. The van der Waals surface area contributed by atoms with Gasteiger partial charge in [0.2, 0.25) is 5.91 Å². The van der Waals surface area contributed by atoms with Gasteiger partial charge in [-0.1, -0.05) is 49.6 Å². The van der Waals surface area contributed by atoms with Crippen molar-refractivity contribution in [1.82, 2.24) is 5.32 Å². The zero-order valence-corrected chi connectivity index (χ0v) is 15.7. The first-order valence-electron chi connectivity index (χ1n) is 9.14. The lowest BCUT2D eigenvalue weighted by molar-refractivity contribution is -0.143. The van der Waals surface area contributed by atoms with E-state index in [0.717, 1.165) is 24.8 Å². The average Bonchev–Trinajstić information content (AvgIpc) is 2.80. The maximum Gasteiger partial charge on any atom is 0.308 e. The summed E-state index contributed by atoms with van der Waals surface area (Å²) in [7, 11) is -3.51. The second-order valence-electron chi connectivity index (χ2n) is 6.94. The number of hydrogen-bond acceptors (Lipinski definition) is 4. The Hall–Kier alpha value is -1.89. The molecule has 0 aliphatic heterocycles. The van der Waals surface area contributed by atoms with Crippen molar-refractivity contribution in [3.05, 3.63) is 35.9 Å². The predicted octanol–water partition coefficient (Wildman–Crippen LogP) is 2.18. The predicted molar refractivity (Wildman–Crippen MR) is 99.6 cm³/mol. The first kappa shape index (κ1) is 20.4. The molecule has 144 valence electrons. The van der Waals surface area contributed by atoms with Crippen molar-refractivity contribution in [2.45, 2.75) is 51.0 Å². The standard InChI is InChI=1S/C19H27NO5S/c21-18(20-17-12-6-2-5-11-16(17)19(22)23)14-26(24,25)13-7-10-15-8-3-1-4-9-15/h1,3-4,8-9,16-17H,2,5-7,10-14H2,(H,20,21)(H,22,23)/t16-,17+/m1/s1. The average molecular weight is 381 g/mol. The van der Waals surface area contributed by atoms with Crippen molar-refractivity contribution >= 4 is 21.7 Å². The molecule has 0 radical (unpaired) electrons. The fraction of sp³-hybridized carbons (Fsp3) is 0.579. The second-order valence-corrected chi connectivity index (χ2v) is 9.12. The van der Waals surface area contributed by atoms with E-state index in [1.165, 1.54) is 0 Å². The molecule has 0 heterocycles. The van der Waals surface area contributed by atoms with Gasteiger partial charge >= 0.3 is 5.97 Å². The normalized spacial score (nSPS) is 20.9. The maximum absolute atomic E-state index is 12.2. The molecule has 1 aromatic carbocycles. The van der Waals surface area contributed by atoms with Crippen LogP contribution in [0.4, 0.5) is 0 Å². The highest BCUT2D eigenvalue weighted by Crippen LogP contribution is 2.23. The summed E-state index contributed by atoms with van der Waals surface area (Å²) in [4.78, 5) is 23.5. The molecule has 26 heavy (non-hydrogen) atoms. The van der Waals surface area contributed by atoms with Crippen LogP contribution in [0, 0.1) is 5.92 Å². The highest BCUT2D eigenvalue weighted by Gasteiger charge is 2.31. The van der Waals surface area contributed by atoms with E-state index in [2.05, 4.69) is 5.32 Å². The van der Waals surface area contributed by atoms with Gasteiger partial charge in [-0.2, -0.15) is 0 Å². The van der Waals surface area contributed by atoms with Crippen LogP contribution < -0.4 is 5.32 Å². The number of carboxylic acids is 1. The monoisotopic (exact) mass is 381 g/mol. The lowest BCUT2D eigenvalue weighted by Crippen LogP contribution is -2.45. The maximum atomic E-state index is 12.2. The van der Waals surface area contributed by atoms with Gasteiger partial charge in [0.15, 0.2) is 9.84 Å². The largest absolute Gasteiger partial charge is 0.481 e. The molecule has 2 rings (SSSR count). The van der Waals surface area contributed by atoms with Crippen molar-refractivity contribution < 1.29 is 23.1 Å². The number of aliphatic carboxylic acids is 1. The molecule has 2 N–H and O–H groups in total. The van der Waals surface area contributed by atoms with Crippen LogP contribution in [0.1, 0.15) is 44.1 Å². The summed E-state index contributed by atoms with van der Waals surface area (Å²) < 4.78 is 24.4. The number of nitrogens with one attached hydrogen (secondary N) is 1. The van der Waals surface area contributed by atoms with E-state index < -0.39 is 39.4 Å². The minimum Gasteiger partial charge on any atom is -0.481 e. The number of carbonyl (C=O) groups excluding carboxylic acids is 1. The van der Waals surface area contributed by atoms with Crippen molar-refractivity contribution in [1.29, 1.82) is 0 Å². The lowest BCUT2D eigenvalue weighted by Gasteiger charge is -2.22. The summed E-state index contributed by atoms with van der Waals surface area (Å²) >= 11 is 0. The summed E-state index contributed by atoms with van der Waals surface area (Å²) in [5, 5.41) is 12.0. The van der Waals surface area contributed by atoms with Gasteiger partial charge in [0.05, 0.1) is 11.7 Å². The summed E-state index contributed by atoms with van der Waals surface area (Å²) in [6, 6.07) is 9.12. The Balaban J connectivity index is 1.83. The van der Waals surface area contributed by atoms with E-state index in [-0.39, 0.29) is 5.75 Å². The molecule has 0 aromatic heterocycles. The van der Waals surface area contributed by atoms with E-state index in [1.54, 1.807) is 0 Å². The van der Waals surface area contributed by atoms with Crippen LogP contribution in [0.5, 0.6) is 0 Å². The quantitative estimate of drug-likeness (QED) is 0.672. The van der Waals surface area contributed by atoms with Crippen molar-refractivity contribution in [3.63, 3.8) is 0 Å². The molecule has 1 amide bonds. The smallest absolute Gasteiger partial charge is 0.308 e. The van der Waals surface area contributed by atoms with Crippen molar-refractivity contribution in [2.75, 3.05) is 11.5 Å². The third-order valence-electron chi connectivity index (χ3n) is 4.79. The Morgan fingerprint density at radius 2 is 1.77 bits per heavy atom. The summed E-state index contributed by atoms with van der Waals surface area (Å²) in [6.45, 7) is 0. The van der Waals surface area contributed by atoms with Gasteiger partial charge in [0, 0.05) is 6.04 Å². The van der Waals surface area contributed by atoms with Crippen LogP contribution in [-0.2, 0) is 25.8 Å². The zero-order chi connectivity index (χ0) is 19.0. The van der Waals surface area contributed by atoms with Crippen LogP contribution in [0.25, 0.3) is 0 Å². The van der Waals surface area contributed by atoms with Gasteiger partial charge in [-0.25, -0.2) is 8.42 Å². The molecular weight excluding hydrogens is 354 g/mol. The SMILES string of the molecule is O=C(CS(=O)(=O)CCCc1ccccc1)N[C@H]1CCCCC[C@H]1C(=O)O. The van der Waals surface area contributed by atoms with E-state index in [4.69, 9.17) is 0 Å². The topological polar surface area (TPSA) is 101 Å². The number of amides is 1. The molecule has 1 aliphatic carbocycles. The molecular formula is C19H27NO5S. The number of benzene rings is 1. The van der Waals surface area contributed by atoms with Crippen molar-refractivity contribution in [3.8, 4) is 0 Å². The second kappa shape index (κ2) is 9.71. The highest BCUT2D eigenvalue weighted by molar-refractivity contribution is 7.92. The number of carboxylic acid groups (broad SMARTS) is 1. The number of rotatable bonds is 8. The van der Waals surface area contributed by atoms with Crippen molar-refractivity contribution in [2.24, 2.45) is 5.92 Å². The van der Waals surface area contributed by atoms with E-state index in [9.17, 15) is 23.1 Å². The van der Waals surface area contributed by atoms with Gasteiger partial charge in [-0.15, -0.1) is 0 Å². The van der Waals surface area contributed by atoms with Gasteiger partial charge in [-0.05, 0) is 31.2 Å². The molecule has 6 nitrogen and oxygen atoms in total. The van der Waals surface area contributed by atoms with Gasteiger partial charge < -0.3 is 10.4 Å². The molecule has 0 spiro atoms. The Kier molecular flexibility index (Phi) is 7.63. The van der Waals surface area contributed by atoms with Gasteiger partial charge in [-0.3, -0.25) is 9.59 Å². The number of carbonyl (C=O) groups is 2. The fourth-order valence-electron chi connectivity index (χ4n) is 3.44. The van der Waals surface area contributed by atoms with Crippen LogP contribution >= 0.6 is 0 Å². The van der Waals surface area contributed by atoms with Crippen LogP contribution in [0.3, 0.4) is 0 Å². The minimum atomic E-state index is -3.51. The van der Waals surface area contributed by atoms with E-state index in [1.807, 2.05) is 30.3 Å². The van der Waals surface area contributed by atoms with Gasteiger partial charge in [0.25, 0.3) is 0 Å². The third kappa shape index (κ3) is 6.78. The first-order chi connectivity index (χ1) is 12.4. The molecule has 1 fully saturated rings. The molecule has 7 heteroatoms. The lowest BCUT2D eigenvalue weighted by atomic mass is 9.95. The first-order valence-corrected chi connectivity index (χ1v) is 11.0. The fourth-order valence-corrected chi connectivity index (χ4v) is 4.65. The molecule has 1 aliphatic rings. The van der Waals surface area contributed by atoms with Crippen LogP contribution in [-0.4, -0.2) is 42.9 Å². The van der Waals surface area contributed by atoms with E-state index >= 15 is 0 Å². The minimum absolute atomic E-state index is 0.0532. The van der Waals surface area contributed by atoms with E-state index in [0.29, 0.717) is 25.7 Å². The van der Waals surface area contributed by atoms with Crippen LogP contribution in [0.15, 0.2) is 30.3 Å². The van der Waals surface area contributed by atoms with Crippen LogP contribution in [0.2, 0.25) is 0 Å². The summed E-state index contributed by atoms with van der Waals surface area (Å²) in [6.07, 6.45) is 4.81. The Morgan fingerprint density at radius 1 is 1.08 bits per heavy atom. The number of hydrogen-bond donors (Lipinski definition) is 2. The summed E-state index contributed by atoms with van der Waals surface area (Å²) in [5.41, 5.74) is 1.06. The molecule has 0 bridgehead atoms. The summed E-state index contributed by atoms with van der Waals surface area (Å²) in [5.74, 6) is -2.79. The Labute approximate surface area is 154 Å². The third-order valence-corrected chi connectivity index (χ3v) is 6.41. The van der Waals surface area contributed by atoms with Gasteiger partial charge in [0.1, 0.15) is 5.75 Å². The number of aryl methyl sites for hydroxylation is 1. The Morgan fingerprint density at radius 3 is 2.46 bits per heavy atom. The molecule has 0 saturated heterocycles. The zero-order valence-electron chi connectivity index (χ0n) is 14.9.